The Balaban J connectivity index is 2.85. The van der Waals surface area contributed by atoms with Crippen LogP contribution in [0.25, 0.3) is 0 Å². The molecule has 1 aromatic rings. The number of rotatable bonds is 5. The second-order valence-electron chi connectivity index (χ2n) is 5.35. The topological polar surface area (TPSA) is 83.8 Å². The van der Waals surface area contributed by atoms with E-state index in [9.17, 15) is 8.42 Å². The molecule has 0 fully saturated rings. The smallest absolute Gasteiger partial charge is 0.297 e. The van der Waals surface area contributed by atoms with E-state index in [1.807, 2.05) is 20.8 Å². The number of aliphatic hydroxyl groups is 2. The van der Waals surface area contributed by atoms with Crippen LogP contribution in [0.4, 0.5) is 0 Å². The number of aliphatic hydroxyl groups excluding tert-OH is 2. The number of hydrogen-bond acceptors (Lipinski definition) is 5. The van der Waals surface area contributed by atoms with Crippen molar-refractivity contribution in [1.29, 1.82) is 0 Å². The molecule has 0 aliphatic rings. The fraction of sp³-hybridized carbons (Fsp3) is 0.538. The third-order valence-corrected chi connectivity index (χ3v) is 3.93. The summed E-state index contributed by atoms with van der Waals surface area (Å²) in [5.41, 5.74) is 0.956. The first-order valence-electron chi connectivity index (χ1n) is 5.96. The fourth-order valence-corrected chi connectivity index (χ4v) is 2.35. The first kappa shape index (κ1) is 16.1. The third kappa shape index (κ3) is 4.58. The summed E-state index contributed by atoms with van der Waals surface area (Å²) in [6.45, 7) is 5.10. The Labute approximate surface area is 114 Å². The minimum Gasteiger partial charge on any atom is -0.394 e. The average Bonchev–Trinajstić information content (AvgIpc) is 2.35. The zero-order chi connectivity index (χ0) is 14.7. The van der Waals surface area contributed by atoms with Gasteiger partial charge < -0.3 is 10.2 Å². The second-order valence-corrected chi connectivity index (χ2v) is 6.96. The lowest BCUT2D eigenvalue weighted by Crippen LogP contribution is -2.22. The van der Waals surface area contributed by atoms with Crippen LogP contribution in [0.3, 0.4) is 0 Å². The van der Waals surface area contributed by atoms with Crippen molar-refractivity contribution in [2.45, 2.75) is 37.2 Å². The van der Waals surface area contributed by atoms with E-state index in [2.05, 4.69) is 4.18 Å². The Hall–Kier alpha value is -0.950. The Morgan fingerprint density at radius 3 is 2.16 bits per heavy atom. The molecule has 0 bridgehead atoms. The first-order valence-corrected chi connectivity index (χ1v) is 7.36. The minimum absolute atomic E-state index is 0.0330. The summed E-state index contributed by atoms with van der Waals surface area (Å²) in [4.78, 5) is 0.0330. The molecule has 5 nitrogen and oxygen atoms in total. The Morgan fingerprint density at radius 1 is 1.21 bits per heavy atom. The van der Waals surface area contributed by atoms with Crippen LogP contribution < -0.4 is 0 Å². The summed E-state index contributed by atoms with van der Waals surface area (Å²) in [6.07, 6.45) is -1.20. The molecule has 0 radical (unpaired) electrons. The standard InChI is InChI=1S/C13H20O5S/c1-13(2,3)10-4-6-12(7-5-10)19(16,17)18-9-11(15)8-14/h4-7,11,14-15H,8-9H2,1-3H3. The lowest BCUT2D eigenvalue weighted by Gasteiger charge is -2.19. The molecule has 0 amide bonds. The minimum atomic E-state index is -3.90. The van der Waals surface area contributed by atoms with Crippen LogP contribution in [0, 0.1) is 0 Å². The molecule has 0 heterocycles. The lowest BCUT2D eigenvalue weighted by molar-refractivity contribution is 0.0557. The first-order chi connectivity index (χ1) is 8.66. The molecule has 0 aliphatic heterocycles. The van der Waals surface area contributed by atoms with Crippen LogP contribution >= 0.6 is 0 Å². The van der Waals surface area contributed by atoms with E-state index in [4.69, 9.17) is 10.2 Å². The molecule has 0 saturated heterocycles. The molecule has 0 saturated carbocycles. The summed E-state index contributed by atoms with van der Waals surface area (Å²) in [7, 11) is -3.90. The Kier molecular flexibility index (Phi) is 5.09. The predicted octanol–water partition coefficient (Wildman–Crippen LogP) is 1.04. The number of benzene rings is 1. The van der Waals surface area contributed by atoms with Crippen LogP contribution in [-0.2, 0) is 19.7 Å². The van der Waals surface area contributed by atoms with Gasteiger partial charge in [0.2, 0.25) is 0 Å². The van der Waals surface area contributed by atoms with Crippen molar-refractivity contribution in [2.75, 3.05) is 13.2 Å². The maximum absolute atomic E-state index is 11.8. The van der Waals surface area contributed by atoms with Gasteiger partial charge in [-0.2, -0.15) is 8.42 Å². The largest absolute Gasteiger partial charge is 0.394 e. The molecule has 0 spiro atoms. The van der Waals surface area contributed by atoms with E-state index >= 15 is 0 Å². The molecule has 0 aliphatic carbocycles. The van der Waals surface area contributed by atoms with Gasteiger partial charge >= 0.3 is 0 Å². The van der Waals surface area contributed by atoms with Crippen LogP contribution in [0.15, 0.2) is 29.2 Å². The summed E-state index contributed by atoms with van der Waals surface area (Å²) in [5, 5.41) is 17.7. The van der Waals surface area contributed by atoms with E-state index in [0.29, 0.717) is 0 Å². The second kappa shape index (κ2) is 6.00. The highest BCUT2D eigenvalue weighted by Gasteiger charge is 2.19. The summed E-state index contributed by atoms with van der Waals surface area (Å²) >= 11 is 0. The van der Waals surface area contributed by atoms with Gasteiger partial charge in [-0.15, -0.1) is 0 Å². The lowest BCUT2D eigenvalue weighted by atomic mass is 9.87. The molecular formula is C13H20O5S. The highest BCUT2D eigenvalue weighted by Crippen LogP contribution is 2.23. The highest BCUT2D eigenvalue weighted by atomic mass is 32.2. The SMILES string of the molecule is CC(C)(C)c1ccc(S(=O)(=O)OCC(O)CO)cc1. The van der Waals surface area contributed by atoms with Crippen LogP contribution in [0.5, 0.6) is 0 Å². The quantitative estimate of drug-likeness (QED) is 0.791. The van der Waals surface area contributed by atoms with Crippen molar-refractivity contribution in [1.82, 2.24) is 0 Å². The summed E-state index contributed by atoms with van der Waals surface area (Å²) in [6, 6.07) is 6.42. The molecule has 1 atom stereocenters. The van der Waals surface area contributed by atoms with Crippen molar-refractivity contribution >= 4 is 10.1 Å². The zero-order valence-electron chi connectivity index (χ0n) is 11.3. The molecular weight excluding hydrogens is 268 g/mol. The monoisotopic (exact) mass is 288 g/mol. The van der Waals surface area contributed by atoms with Gasteiger partial charge in [0.1, 0.15) is 6.10 Å². The van der Waals surface area contributed by atoms with Gasteiger partial charge in [0.15, 0.2) is 0 Å². The van der Waals surface area contributed by atoms with E-state index in [1.54, 1.807) is 12.1 Å². The molecule has 0 aromatic heterocycles. The normalized spacial score (nSPS) is 14.4. The maximum Gasteiger partial charge on any atom is 0.297 e. The molecule has 1 rings (SSSR count). The Morgan fingerprint density at radius 2 is 1.74 bits per heavy atom. The van der Waals surface area contributed by atoms with Gasteiger partial charge in [0.25, 0.3) is 10.1 Å². The van der Waals surface area contributed by atoms with Crippen molar-refractivity contribution in [3.8, 4) is 0 Å². The number of hydrogen-bond donors (Lipinski definition) is 2. The molecule has 19 heavy (non-hydrogen) atoms. The average molecular weight is 288 g/mol. The van der Waals surface area contributed by atoms with Crippen LogP contribution in [0.1, 0.15) is 26.3 Å². The van der Waals surface area contributed by atoms with Gasteiger partial charge in [-0.25, -0.2) is 0 Å². The maximum atomic E-state index is 11.8. The molecule has 1 aromatic carbocycles. The highest BCUT2D eigenvalue weighted by molar-refractivity contribution is 7.86. The van der Waals surface area contributed by atoms with Crippen LogP contribution in [-0.4, -0.2) is 37.9 Å². The molecule has 1 unspecified atom stereocenters. The summed E-state index contributed by atoms with van der Waals surface area (Å²) < 4.78 is 28.3. The molecule has 108 valence electrons. The van der Waals surface area contributed by atoms with E-state index in [-0.39, 0.29) is 10.3 Å². The van der Waals surface area contributed by atoms with E-state index in [0.717, 1.165) is 5.56 Å². The van der Waals surface area contributed by atoms with Gasteiger partial charge in [0.05, 0.1) is 18.1 Å². The molecule has 6 heteroatoms. The van der Waals surface area contributed by atoms with E-state index < -0.39 is 29.4 Å². The zero-order valence-corrected chi connectivity index (χ0v) is 12.1. The fourth-order valence-electron chi connectivity index (χ4n) is 1.41. The summed E-state index contributed by atoms with van der Waals surface area (Å²) in [5.74, 6) is 0. The molecule has 2 N–H and O–H groups in total. The van der Waals surface area contributed by atoms with Crippen molar-refractivity contribution < 1.29 is 22.8 Å². The predicted molar refractivity (Wildman–Crippen MR) is 71.4 cm³/mol. The Bertz CT molecular complexity index is 499. The van der Waals surface area contributed by atoms with Crippen molar-refractivity contribution in [2.24, 2.45) is 0 Å². The van der Waals surface area contributed by atoms with Gasteiger partial charge in [-0.1, -0.05) is 32.9 Å². The van der Waals surface area contributed by atoms with Crippen molar-refractivity contribution in [3.05, 3.63) is 29.8 Å². The third-order valence-electron chi connectivity index (χ3n) is 2.64. The van der Waals surface area contributed by atoms with Gasteiger partial charge in [-0.05, 0) is 23.1 Å². The van der Waals surface area contributed by atoms with Crippen molar-refractivity contribution in [3.63, 3.8) is 0 Å². The van der Waals surface area contributed by atoms with Gasteiger partial charge in [-0.3, -0.25) is 4.18 Å². The van der Waals surface area contributed by atoms with Gasteiger partial charge in [0, 0.05) is 0 Å². The van der Waals surface area contributed by atoms with Crippen LogP contribution in [0.2, 0.25) is 0 Å². The van der Waals surface area contributed by atoms with E-state index in [1.165, 1.54) is 12.1 Å².